The number of benzene rings is 7. The first-order chi connectivity index (χ1) is 39.7. The highest BCUT2D eigenvalue weighted by Gasteiger charge is 2.05. The van der Waals surface area contributed by atoms with Gasteiger partial charge in [-0.2, -0.15) is 0 Å². The zero-order chi connectivity index (χ0) is 57.4. The minimum Gasteiger partial charge on any atom is -0.494 e. The number of aryl methyl sites for hydroxylation is 1. The van der Waals surface area contributed by atoms with Gasteiger partial charge in [0, 0.05) is 37.0 Å². The standard InChI is InChI=1S/C36H47ClN2O2.C21H27NO.C13H10N2O2/c1-3-5-7-9-11-13-25-40-33-20-15-30(16-21-33)28-38-32-19-24-36(35(37)27-32)39-29-31-17-22-34(23-18-31)41-26-14-12-10-8-6-4-2;1-3-5-7-18-8-12-20(13-9-18)22-17-19-10-14-21(15-11-19)23-16-6-4-2;16-15(17)13-8-4-7-12(9-13)14-10-11-5-2-1-3-6-11/h15-24,27-29H,3-14,25-26H2,1-2H3;8-15,17H,3-7,16H2,1-2H3;1-10H. The van der Waals surface area contributed by atoms with Crippen molar-refractivity contribution in [2.24, 2.45) is 20.0 Å². The third-order valence-corrected chi connectivity index (χ3v) is 13.2. The molecular weight excluding hydrogens is 1030 g/mol. The van der Waals surface area contributed by atoms with E-state index in [-0.39, 0.29) is 5.69 Å². The zero-order valence-electron chi connectivity index (χ0n) is 48.3. The van der Waals surface area contributed by atoms with Gasteiger partial charge in [0.15, 0.2) is 0 Å². The van der Waals surface area contributed by atoms with Crippen molar-refractivity contribution in [3.8, 4) is 17.2 Å². The largest absolute Gasteiger partial charge is 0.494 e. The lowest BCUT2D eigenvalue weighted by Crippen LogP contribution is -1.97. The van der Waals surface area contributed by atoms with Gasteiger partial charge in [0.05, 0.1) is 52.5 Å². The van der Waals surface area contributed by atoms with Gasteiger partial charge in [0.1, 0.15) is 17.2 Å². The van der Waals surface area contributed by atoms with E-state index >= 15 is 0 Å². The van der Waals surface area contributed by atoms with Crippen molar-refractivity contribution in [2.75, 3.05) is 19.8 Å². The molecule has 0 radical (unpaired) electrons. The summed E-state index contributed by atoms with van der Waals surface area (Å²) in [4.78, 5) is 28.0. The smallest absolute Gasteiger partial charge is 0.271 e. The third-order valence-electron chi connectivity index (χ3n) is 12.9. The van der Waals surface area contributed by atoms with E-state index in [0.29, 0.717) is 16.4 Å². The summed E-state index contributed by atoms with van der Waals surface area (Å²) in [7, 11) is 0. The molecule has 0 aromatic heterocycles. The molecule has 11 heteroatoms. The maximum atomic E-state index is 10.6. The first-order valence-electron chi connectivity index (χ1n) is 29.3. The van der Waals surface area contributed by atoms with Crippen molar-refractivity contribution in [3.05, 3.63) is 213 Å². The topological polar surface area (TPSA) is 120 Å². The minimum absolute atomic E-state index is 0.0488. The maximum absolute atomic E-state index is 10.6. The van der Waals surface area contributed by atoms with Crippen LogP contribution >= 0.6 is 11.6 Å². The van der Waals surface area contributed by atoms with E-state index in [0.717, 1.165) is 103 Å². The molecule has 0 unspecified atom stereocenters. The van der Waals surface area contributed by atoms with E-state index < -0.39 is 4.92 Å². The number of hydrogen-bond donors (Lipinski definition) is 0. The molecule has 0 aliphatic heterocycles. The predicted octanol–water partition coefficient (Wildman–Crippen LogP) is 20.6. The lowest BCUT2D eigenvalue weighted by molar-refractivity contribution is -0.384. The molecule has 0 spiro atoms. The fourth-order valence-corrected chi connectivity index (χ4v) is 8.28. The van der Waals surface area contributed by atoms with Gasteiger partial charge in [0.2, 0.25) is 0 Å². The molecule has 0 amide bonds. The lowest BCUT2D eigenvalue weighted by Gasteiger charge is -2.06. The molecule has 0 bridgehead atoms. The van der Waals surface area contributed by atoms with E-state index in [1.165, 1.54) is 94.7 Å². The molecule has 0 atom stereocenters. The molecule has 81 heavy (non-hydrogen) atoms. The average Bonchev–Trinajstić information content (AvgIpc) is 3.50. The van der Waals surface area contributed by atoms with Crippen molar-refractivity contribution in [1.29, 1.82) is 0 Å². The number of halogens is 1. The van der Waals surface area contributed by atoms with Crippen molar-refractivity contribution in [1.82, 2.24) is 0 Å². The quantitative estimate of drug-likeness (QED) is 0.0180. The number of nitro groups is 1. The third kappa shape index (κ3) is 27.4. The molecule has 426 valence electrons. The Labute approximate surface area is 488 Å². The number of rotatable bonds is 32. The van der Waals surface area contributed by atoms with E-state index in [2.05, 4.69) is 71.9 Å². The summed E-state index contributed by atoms with van der Waals surface area (Å²) < 4.78 is 17.4. The van der Waals surface area contributed by atoms with Crippen LogP contribution in [-0.2, 0) is 6.42 Å². The second kappa shape index (κ2) is 39.6. The van der Waals surface area contributed by atoms with Gasteiger partial charge in [-0.3, -0.25) is 30.1 Å². The van der Waals surface area contributed by atoms with Crippen LogP contribution in [0.3, 0.4) is 0 Å². The summed E-state index contributed by atoms with van der Waals surface area (Å²) in [6.07, 6.45) is 28.3. The monoisotopic (exact) mass is 1110 g/mol. The molecule has 0 heterocycles. The minimum atomic E-state index is -0.429. The van der Waals surface area contributed by atoms with Gasteiger partial charge < -0.3 is 14.2 Å². The molecule has 0 saturated heterocycles. The summed E-state index contributed by atoms with van der Waals surface area (Å²) in [6.45, 7) is 11.2. The summed E-state index contributed by atoms with van der Waals surface area (Å²) in [5.74, 6) is 2.72. The lowest BCUT2D eigenvalue weighted by atomic mass is 10.1. The highest BCUT2D eigenvalue weighted by molar-refractivity contribution is 6.33. The van der Waals surface area contributed by atoms with Crippen LogP contribution in [0.1, 0.15) is 158 Å². The molecule has 0 fully saturated rings. The molecule has 0 aliphatic rings. The van der Waals surface area contributed by atoms with Crippen LogP contribution in [0.15, 0.2) is 190 Å². The van der Waals surface area contributed by atoms with Crippen LogP contribution < -0.4 is 14.2 Å². The fraction of sp³-hybridized carbons (Fsp3) is 0.343. The van der Waals surface area contributed by atoms with E-state index in [4.69, 9.17) is 25.8 Å². The second-order valence-corrected chi connectivity index (χ2v) is 20.2. The van der Waals surface area contributed by atoms with Gasteiger partial charge in [-0.05, 0) is 169 Å². The van der Waals surface area contributed by atoms with Gasteiger partial charge >= 0.3 is 0 Å². The summed E-state index contributed by atoms with van der Waals surface area (Å²) in [5, 5.41) is 11.1. The Morgan fingerprint density at radius 1 is 0.407 bits per heavy atom. The molecule has 0 aliphatic carbocycles. The Hall–Kier alpha value is -7.69. The number of ether oxygens (including phenoxy) is 3. The van der Waals surface area contributed by atoms with Crippen LogP contribution in [0.25, 0.3) is 0 Å². The normalized spacial score (nSPS) is 11.2. The molecule has 0 N–H and O–H groups in total. The fourth-order valence-electron chi connectivity index (χ4n) is 8.06. The maximum Gasteiger partial charge on any atom is 0.271 e. The van der Waals surface area contributed by atoms with Crippen LogP contribution in [0, 0.1) is 10.1 Å². The second-order valence-electron chi connectivity index (χ2n) is 19.8. The van der Waals surface area contributed by atoms with Crippen LogP contribution in [0.4, 0.5) is 28.4 Å². The van der Waals surface area contributed by atoms with E-state index in [1.54, 1.807) is 18.3 Å². The number of nitro benzene ring substituents is 1. The molecular formula is C70H84ClN5O5. The highest BCUT2D eigenvalue weighted by atomic mass is 35.5. The molecule has 7 aromatic rings. The zero-order valence-corrected chi connectivity index (χ0v) is 49.0. The first-order valence-corrected chi connectivity index (χ1v) is 29.7. The molecule has 0 saturated carbocycles. The van der Waals surface area contributed by atoms with E-state index in [9.17, 15) is 10.1 Å². The van der Waals surface area contributed by atoms with Crippen molar-refractivity contribution in [2.45, 2.75) is 137 Å². The van der Waals surface area contributed by atoms with Gasteiger partial charge in [0.25, 0.3) is 5.69 Å². The number of nitrogens with zero attached hydrogens (tertiary/aromatic N) is 5. The van der Waals surface area contributed by atoms with Gasteiger partial charge in [-0.15, -0.1) is 0 Å². The summed E-state index contributed by atoms with van der Waals surface area (Å²) in [5.41, 5.74) is 8.54. The Kier molecular flexibility index (Phi) is 31.4. The number of aliphatic imine (C=N–C) groups is 4. The van der Waals surface area contributed by atoms with Crippen LogP contribution in [-0.4, -0.2) is 49.6 Å². The number of hydrogen-bond acceptors (Lipinski definition) is 9. The highest BCUT2D eigenvalue weighted by Crippen LogP contribution is 2.30. The van der Waals surface area contributed by atoms with Crippen molar-refractivity contribution in [3.63, 3.8) is 0 Å². The summed E-state index contributed by atoms with van der Waals surface area (Å²) >= 11 is 6.51. The van der Waals surface area contributed by atoms with E-state index in [1.807, 2.05) is 140 Å². The van der Waals surface area contributed by atoms with Crippen LogP contribution in [0.2, 0.25) is 5.02 Å². The van der Waals surface area contributed by atoms with Gasteiger partial charge in [-0.25, -0.2) is 0 Å². The Morgan fingerprint density at radius 2 is 0.827 bits per heavy atom. The van der Waals surface area contributed by atoms with Gasteiger partial charge in [-0.1, -0.05) is 165 Å². The Morgan fingerprint density at radius 3 is 1.31 bits per heavy atom. The molecule has 7 rings (SSSR count). The molecule has 10 nitrogen and oxygen atoms in total. The Balaban J connectivity index is 0.000000251. The Bertz CT molecular complexity index is 2930. The van der Waals surface area contributed by atoms with Crippen LogP contribution in [0.5, 0.6) is 17.2 Å². The van der Waals surface area contributed by atoms with Crippen molar-refractivity contribution < 1.29 is 19.1 Å². The average molecular weight is 1110 g/mol. The number of unbranched alkanes of at least 4 members (excludes halogenated alkanes) is 12. The SMILES string of the molecule is CCCCCCCCOc1ccc(C=Nc2ccc(N=Cc3ccc(OCCCCCCCC)cc3)c(Cl)c2)cc1.CCCCOc1ccc(C=Nc2ccc(CCCC)cc2)cc1.O=[N+]([O-])c1cccc(N=Cc2ccccc2)c1. The number of non-ortho nitro benzene ring substituents is 1. The predicted molar refractivity (Wildman–Crippen MR) is 343 cm³/mol. The first kappa shape index (κ1) is 64.1. The summed E-state index contributed by atoms with van der Waals surface area (Å²) in [6, 6.07) is 54.1. The van der Waals surface area contributed by atoms with Crippen molar-refractivity contribution >= 4 is 64.9 Å². The molecule has 7 aromatic carbocycles.